The monoisotopic (exact) mass is 504 g/mol. The highest BCUT2D eigenvalue weighted by atomic mass is 19.3. The molecular formula is C25H31F3N6O2. The van der Waals surface area contributed by atoms with Crippen LogP contribution in [0.15, 0.2) is 18.3 Å². The average molecular weight is 505 g/mol. The molecule has 1 saturated carbocycles. The van der Waals surface area contributed by atoms with E-state index in [0.29, 0.717) is 48.4 Å². The van der Waals surface area contributed by atoms with Crippen molar-refractivity contribution in [2.75, 3.05) is 36.9 Å². The molecule has 2 aromatic heterocycles. The van der Waals surface area contributed by atoms with Crippen LogP contribution < -0.4 is 15.4 Å². The van der Waals surface area contributed by atoms with Crippen molar-refractivity contribution in [2.24, 2.45) is 0 Å². The highest BCUT2D eigenvalue weighted by molar-refractivity contribution is 5.65. The van der Waals surface area contributed by atoms with E-state index in [1.54, 1.807) is 6.92 Å². The zero-order valence-electron chi connectivity index (χ0n) is 20.2. The number of hydrogen-bond donors (Lipinski definition) is 1. The molecule has 7 rings (SSSR count). The minimum Gasteiger partial charge on any atom is -0.431 e. The number of halogens is 3. The van der Waals surface area contributed by atoms with E-state index in [2.05, 4.69) is 19.6 Å². The number of hydrogen-bond acceptors (Lipinski definition) is 8. The summed E-state index contributed by atoms with van der Waals surface area (Å²) < 4.78 is 50.8. The van der Waals surface area contributed by atoms with Crippen molar-refractivity contribution in [3.8, 4) is 17.0 Å². The maximum Gasteiger partial charge on any atom is 0.387 e. The molecule has 5 aliphatic rings. The van der Waals surface area contributed by atoms with Crippen molar-refractivity contribution in [3.05, 3.63) is 24.0 Å². The summed E-state index contributed by atoms with van der Waals surface area (Å²) in [6.45, 7) is 1.10. The SMILES string of the molecule is C[C@]1(F)CCN(c2nc(-c3cnc(N)c(OC(F)F)c3)cc(C3CC(N4C[C@@H]5CC[C@H]4CO5)C3)n2)C1. The molecule has 11 heteroatoms. The quantitative estimate of drug-likeness (QED) is 0.636. The van der Waals surface area contributed by atoms with Gasteiger partial charge >= 0.3 is 6.61 Å². The molecule has 2 aromatic rings. The second-order valence-electron chi connectivity index (χ2n) is 10.8. The first kappa shape index (κ1) is 23.7. The zero-order chi connectivity index (χ0) is 25.0. The minimum absolute atomic E-state index is 0.122. The zero-order valence-corrected chi connectivity index (χ0v) is 20.2. The van der Waals surface area contributed by atoms with Gasteiger partial charge in [0.1, 0.15) is 5.67 Å². The molecule has 4 aliphatic heterocycles. The van der Waals surface area contributed by atoms with Crippen LogP contribution in [0.3, 0.4) is 0 Å². The maximum absolute atomic E-state index is 14.6. The third-order valence-corrected chi connectivity index (χ3v) is 8.06. The topological polar surface area (TPSA) is 89.6 Å². The van der Waals surface area contributed by atoms with Gasteiger partial charge < -0.3 is 20.1 Å². The smallest absolute Gasteiger partial charge is 0.387 e. The number of ether oxygens (including phenoxy) is 2. The number of piperidine rings is 1. The Labute approximate surface area is 208 Å². The average Bonchev–Trinajstić information content (AvgIpc) is 3.20. The van der Waals surface area contributed by atoms with Gasteiger partial charge in [-0.15, -0.1) is 0 Å². The van der Waals surface area contributed by atoms with E-state index >= 15 is 0 Å². The Morgan fingerprint density at radius 2 is 2.03 bits per heavy atom. The summed E-state index contributed by atoms with van der Waals surface area (Å²) in [6, 6.07) is 4.30. The highest BCUT2D eigenvalue weighted by Gasteiger charge is 2.44. The molecule has 6 heterocycles. The second-order valence-corrected chi connectivity index (χ2v) is 10.8. The number of alkyl halides is 3. The summed E-state index contributed by atoms with van der Waals surface area (Å²) in [5.41, 5.74) is 6.33. The lowest BCUT2D eigenvalue weighted by Crippen LogP contribution is -2.60. The van der Waals surface area contributed by atoms with Gasteiger partial charge in [0, 0.05) is 55.0 Å². The Morgan fingerprint density at radius 3 is 2.67 bits per heavy atom. The van der Waals surface area contributed by atoms with Crippen LogP contribution in [0, 0.1) is 0 Å². The number of nitrogens with two attached hydrogens (primary N) is 1. The van der Waals surface area contributed by atoms with E-state index < -0.39 is 12.3 Å². The van der Waals surface area contributed by atoms with Gasteiger partial charge in [-0.3, -0.25) is 4.90 Å². The van der Waals surface area contributed by atoms with Gasteiger partial charge in [0.15, 0.2) is 11.6 Å². The number of fused-ring (bicyclic) bond motifs is 3. The number of pyridine rings is 1. The largest absolute Gasteiger partial charge is 0.431 e. The first-order valence-corrected chi connectivity index (χ1v) is 12.6. The van der Waals surface area contributed by atoms with E-state index in [4.69, 9.17) is 15.5 Å². The van der Waals surface area contributed by atoms with Crippen LogP contribution in [0.1, 0.15) is 50.6 Å². The van der Waals surface area contributed by atoms with Crippen molar-refractivity contribution in [2.45, 2.75) is 75.4 Å². The van der Waals surface area contributed by atoms with Gasteiger partial charge in [-0.05, 0) is 44.7 Å². The Hall–Kier alpha value is -2.66. The van der Waals surface area contributed by atoms with Crippen LogP contribution in [0.5, 0.6) is 5.75 Å². The molecule has 2 bridgehead atoms. The number of rotatable bonds is 6. The minimum atomic E-state index is -3.02. The molecular weight excluding hydrogens is 473 g/mol. The molecule has 8 nitrogen and oxygen atoms in total. The molecule has 0 radical (unpaired) electrons. The number of nitrogens with zero attached hydrogens (tertiary/aromatic N) is 5. The fraction of sp³-hybridized carbons (Fsp3) is 0.640. The van der Waals surface area contributed by atoms with Crippen molar-refractivity contribution in [1.82, 2.24) is 19.9 Å². The lowest BCUT2D eigenvalue weighted by Gasteiger charge is -2.53. The van der Waals surface area contributed by atoms with E-state index in [0.717, 1.165) is 38.1 Å². The van der Waals surface area contributed by atoms with E-state index in [9.17, 15) is 13.2 Å². The van der Waals surface area contributed by atoms with Crippen LogP contribution in [0.25, 0.3) is 11.3 Å². The summed E-state index contributed by atoms with van der Waals surface area (Å²) in [5.74, 6) is 0.372. The molecule has 1 aliphatic carbocycles. The van der Waals surface area contributed by atoms with Crippen LogP contribution >= 0.6 is 0 Å². The Kier molecular flexibility index (Phi) is 5.94. The van der Waals surface area contributed by atoms with Crippen molar-refractivity contribution < 1.29 is 22.6 Å². The summed E-state index contributed by atoms with van der Waals surface area (Å²) in [5, 5.41) is 0. The van der Waals surface area contributed by atoms with Crippen LogP contribution in [0.2, 0.25) is 0 Å². The number of aromatic nitrogens is 3. The summed E-state index contributed by atoms with van der Waals surface area (Å²) in [7, 11) is 0. The van der Waals surface area contributed by atoms with Gasteiger partial charge in [-0.1, -0.05) is 0 Å². The van der Waals surface area contributed by atoms with Gasteiger partial charge in [0.2, 0.25) is 5.95 Å². The maximum atomic E-state index is 14.6. The van der Waals surface area contributed by atoms with Crippen LogP contribution in [-0.2, 0) is 4.74 Å². The van der Waals surface area contributed by atoms with E-state index in [1.165, 1.54) is 18.7 Å². The summed E-state index contributed by atoms with van der Waals surface area (Å²) in [4.78, 5) is 18.0. The first-order valence-electron chi connectivity index (χ1n) is 12.6. The second kappa shape index (κ2) is 9.02. The summed E-state index contributed by atoms with van der Waals surface area (Å²) in [6.07, 6.45) is 6.54. The third-order valence-electron chi connectivity index (χ3n) is 8.06. The van der Waals surface area contributed by atoms with Crippen molar-refractivity contribution >= 4 is 11.8 Å². The fourth-order valence-corrected chi connectivity index (χ4v) is 5.96. The Morgan fingerprint density at radius 1 is 1.19 bits per heavy atom. The summed E-state index contributed by atoms with van der Waals surface area (Å²) >= 11 is 0. The predicted octanol–water partition coefficient (Wildman–Crippen LogP) is 3.77. The number of morpholine rings is 1. The molecule has 0 amide bonds. The van der Waals surface area contributed by atoms with Crippen molar-refractivity contribution in [1.29, 1.82) is 0 Å². The molecule has 0 unspecified atom stereocenters. The standard InChI is InChI=1S/C25H31F3N6O2/c1-25(28)4-5-33(13-25)24-31-19(14-6-17(7-14)34-11-18-3-2-16(34)12-35-18)9-20(32-24)15-8-21(36-23(26)27)22(29)30-10-15/h8-10,14,16-18,23H,2-7,11-13H2,1H3,(H2,29,30)/t14?,16-,17?,18-,25-/m0/s1. The Balaban J connectivity index is 1.28. The van der Waals surface area contributed by atoms with Gasteiger partial charge in [-0.2, -0.15) is 8.78 Å². The van der Waals surface area contributed by atoms with Gasteiger partial charge in [0.25, 0.3) is 0 Å². The van der Waals surface area contributed by atoms with E-state index in [1.807, 2.05) is 11.0 Å². The van der Waals surface area contributed by atoms with Gasteiger partial charge in [-0.25, -0.2) is 19.3 Å². The number of anilines is 2. The molecule has 5 fully saturated rings. The molecule has 3 atom stereocenters. The molecule has 0 aromatic carbocycles. The molecule has 4 saturated heterocycles. The highest BCUT2D eigenvalue weighted by Crippen LogP contribution is 2.44. The molecule has 36 heavy (non-hydrogen) atoms. The Bertz CT molecular complexity index is 1120. The predicted molar refractivity (Wildman–Crippen MR) is 128 cm³/mol. The van der Waals surface area contributed by atoms with Crippen LogP contribution in [0.4, 0.5) is 24.9 Å². The first-order chi connectivity index (χ1) is 17.2. The lowest BCUT2D eigenvalue weighted by atomic mass is 9.75. The lowest BCUT2D eigenvalue weighted by molar-refractivity contribution is -0.131. The van der Waals surface area contributed by atoms with E-state index in [-0.39, 0.29) is 24.0 Å². The third kappa shape index (κ3) is 4.58. The molecule has 2 N–H and O–H groups in total. The molecule has 0 spiro atoms. The van der Waals surface area contributed by atoms with Gasteiger partial charge in [0.05, 0.1) is 24.9 Å². The van der Waals surface area contributed by atoms with Crippen molar-refractivity contribution in [3.63, 3.8) is 0 Å². The fourth-order valence-electron chi connectivity index (χ4n) is 5.96. The molecule has 194 valence electrons. The van der Waals surface area contributed by atoms with Crippen LogP contribution in [-0.4, -0.2) is 76.6 Å². The normalized spacial score (nSPS) is 32.2. The number of nitrogen functional groups attached to an aromatic ring is 1.